The molecule has 4 heteroatoms. The minimum atomic E-state index is 0.891. The summed E-state index contributed by atoms with van der Waals surface area (Å²) in [6.45, 7) is 2.22. The Morgan fingerprint density at radius 1 is 1.14 bits per heavy atom. The molecule has 0 atom stereocenters. The van der Waals surface area contributed by atoms with Gasteiger partial charge in [-0.15, -0.1) is 11.8 Å². The summed E-state index contributed by atoms with van der Waals surface area (Å²) in [6, 6.07) is 0. The molecule has 0 aromatic carbocycles. The first-order chi connectivity index (χ1) is 6.90. The average molecular weight is 209 g/mol. The Morgan fingerprint density at radius 2 is 1.79 bits per heavy atom. The second-order valence-electron chi connectivity index (χ2n) is 3.47. The zero-order valence-electron chi connectivity index (χ0n) is 8.44. The van der Waals surface area contributed by atoms with Gasteiger partial charge in [0.25, 0.3) is 0 Å². The van der Waals surface area contributed by atoms with Crippen molar-refractivity contribution < 1.29 is 0 Å². The standard InChI is InChI=1S/C10H15N3S/c1-14-9-7-11-10(12-8-9)13-5-3-2-4-6-13/h7-8H,2-6H2,1H3. The van der Waals surface area contributed by atoms with Gasteiger partial charge in [-0.1, -0.05) is 0 Å². The molecule has 0 spiro atoms. The van der Waals surface area contributed by atoms with E-state index in [1.54, 1.807) is 11.8 Å². The minimum Gasteiger partial charge on any atom is -0.341 e. The Bertz CT molecular complexity index is 280. The third-order valence-electron chi connectivity index (χ3n) is 2.49. The van der Waals surface area contributed by atoms with Gasteiger partial charge in [0.2, 0.25) is 5.95 Å². The van der Waals surface area contributed by atoms with Crippen LogP contribution in [0.25, 0.3) is 0 Å². The van der Waals surface area contributed by atoms with Crippen molar-refractivity contribution in [1.29, 1.82) is 0 Å². The van der Waals surface area contributed by atoms with Crippen LogP contribution in [0.3, 0.4) is 0 Å². The van der Waals surface area contributed by atoms with Gasteiger partial charge in [0.15, 0.2) is 0 Å². The fourth-order valence-corrected chi connectivity index (χ4v) is 1.99. The van der Waals surface area contributed by atoms with E-state index in [1.165, 1.54) is 19.3 Å². The number of aromatic nitrogens is 2. The maximum atomic E-state index is 4.37. The van der Waals surface area contributed by atoms with Gasteiger partial charge in [0.05, 0.1) is 0 Å². The number of rotatable bonds is 2. The van der Waals surface area contributed by atoms with E-state index in [4.69, 9.17) is 0 Å². The molecule has 0 unspecified atom stereocenters. The van der Waals surface area contributed by atoms with Crippen LogP contribution in [0.5, 0.6) is 0 Å². The predicted octanol–water partition coefficient (Wildman–Crippen LogP) is 2.19. The molecule has 1 aliphatic heterocycles. The van der Waals surface area contributed by atoms with Crippen LogP contribution in [0, 0.1) is 0 Å². The van der Waals surface area contributed by atoms with Crippen LogP contribution in [-0.4, -0.2) is 29.3 Å². The van der Waals surface area contributed by atoms with E-state index in [2.05, 4.69) is 14.9 Å². The van der Waals surface area contributed by atoms with Crippen molar-refractivity contribution in [2.24, 2.45) is 0 Å². The van der Waals surface area contributed by atoms with Gasteiger partial charge in [0, 0.05) is 30.4 Å². The lowest BCUT2D eigenvalue weighted by Crippen LogP contribution is -2.30. The van der Waals surface area contributed by atoms with Crippen LogP contribution >= 0.6 is 11.8 Å². The molecule has 0 N–H and O–H groups in total. The number of piperidine rings is 1. The van der Waals surface area contributed by atoms with Crippen molar-refractivity contribution in [2.75, 3.05) is 24.2 Å². The van der Waals surface area contributed by atoms with Gasteiger partial charge in [-0.3, -0.25) is 0 Å². The number of hydrogen-bond acceptors (Lipinski definition) is 4. The Balaban J connectivity index is 2.07. The van der Waals surface area contributed by atoms with Gasteiger partial charge < -0.3 is 4.90 Å². The van der Waals surface area contributed by atoms with Crippen LogP contribution in [-0.2, 0) is 0 Å². The van der Waals surface area contributed by atoms with Crippen molar-refractivity contribution >= 4 is 17.7 Å². The van der Waals surface area contributed by atoms with Crippen LogP contribution in [0.15, 0.2) is 17.3 Å². The highest BCUT2D eigenvalue weighted by Gasteiger charge is 2.12. The summed E-state index contributed by atoms with van der Waals surface area (Å²) in [5, 5.41) is 0. The van der Waals surface area contributed by atoms with Crippen molar-refractivity contribution in [3.05, 3.63) is 12.4 Å². The highest BCUT2D eigenvalue weighted by Crippen LogP contribution is 2.17. The van der Waals surface area contributed by atoms with Gasteiger partial charge in [-0.2, -0.15) is 0 Å². The number of nitrogens with zero attached hydrogens (tertiary/aromatic N) is 3. The second kappa shape index (κ2) is 4.64. The summed E-state index contributed by atoms with van der Waals surface area (Å²) >= 11 is 1.68. The third kappa shape index (κ3) is 2.18. The number of hydrogen-bond donors (Lipinski definition) is 0. The van der Waals surface area contributed by atoms with Gasteiger partial charge >= 0.3 is 0 Å². The highest BCUT2D eigenvalue weighted by molar-refractivity contribution is 7.98. The van der Waals surface area contributed by atoms with Crippen molar-refractivity contribution in [3.8, 4) is 0 Å². The number of thioether (sulfide) groups is 1. The van der Waals surface area contributed by atoms with Crippen LogP contribution < -0.4 is 4.90 Å². The lowest BCUT2D eigenvalue weighted by Gasteiger charge is -2.26. The fourth-order valence-electron chi connectivity index (χ4n) is 1.67. The third-order valence-corrected chi connectivity index (χ3v) is 3.17. The normalized spacial score (nSPS) is 17.1. The molecule has 1 aromatic rings. The molecule has 14 heavy (non-hydrogen) atoms. The Kier molecular flexibility index (Phi) is 3.24. The first kappa shape index (κ1) is 9.77. The maximum absolute atomic E-state index is 4.37. The first-order valence-electron chi connectivity index (χ1n) is 5.01. The molecule has 0 amide bonds. The topological polar surface area (TPSA) is 29.0 Å². The molecule has 3 nitrogen and oxygen atoms in total. The maximum Gasteiger partial charge on any atom is 0.225 e. The van der Waals surface area contributed by atoms with E-state index in [1.807, 2.05) is 18.6 Å². The lowest BCUT2D eigenvalue weighted by molar-refractivity contribution is 0.567. The van der Waals surface area contributed by atoms with E-state index in [0.29, 0.717) is 0 Å². The minimum absolute atomic E-state index is 0.891. The van der Waals surface area contributed by atoms with E-state index < -0.39 is 0 Å². The smallest absolute Gasteiger partial charge is 0.225 e. The molecule has 0 saturated carbocycles. The van der Waals surface area contributed by atoms with Crippen LogP contribution in [0.2, 0.25) is 0 Å². The summed E-state index contributed by atoms with van der Waals surface area (Å²) < 4.78 is 0. The first-order valence-corrected chi connectivity index (χ1v) is 6.23. The molecule has 0 bridgehead atoms. The van der Waals surface area contributed by atoms with E-state index >= 15 is 0 Å². The van der Waals surface area contributed by atoms with E-state index in [0.717, 1.165) is 23.9 Å². The van der Waals surface area contributed by atoms with Crippen molar-refractivity contribution in [1.82, 2.24) is 9.97 Å². The molecule has 2 rings (SSSR count). The molecule has 1 fully saturated rings. The summed E-state index contributed by atoms with van der Waals surface area (Å²) in [5.41, 5.74) is 0. The molecule has 1 aromatic heterocycles. The summed E-state index contributed by atoms with van der Waals surface area (Å²) in [4.78, 5) is 12.1. The highest BCUT2D eigenvalue weighted by atomic mass is 32.2. The Morgan fingerprint density at radius 3 is 2.36 bits per heavy atom. The average Bonchev–Trinajstić information content (AvgIpc) is 2.30. The second-order valence-corrected chi connectivity index (χ2v) is 4.35. The molecule has 0 aliphatic carbocycles. The van der Waals surface area contributed by atoms with Crippen molar-refractivity contribution in [3.63, 3.8) is 0 Å². The molecule has 1 saturated heterocycles. The predicted molar refractivity (Wildman–Crippen MR) is 59.9 cm³/mol. The zero-order valence-corrected chi connectivity index (χ0v) is 9.26. The largest absolute Gasteiger partial charge is 0.341 e. The molecular weight excluding hydrogens is 194 g/mol. The fraction of sp³-hybridized carbons (Fsp3) is 0.600. The SMILES string of the molecule is CSc1cnc(N2CCCCC2)nc1. The summed E-state index contributed by atoms with van der Waals surface area (Å²) in [7, 11) is 0. The van der Waals surface area contributed by atoms with E-state index in [-0.39, 0.29) is 0 Å². The molecule has 1 aliphatic rings. The van der Waals surface area contributed by atoms with Gasteiger partial charge in [-0.05, 0) is 25.5 Å². The van der Waals surface area contributed by atoms with Crippen LogP contribution in [0.1, 0.15) is 19.3 Å². The number of anilines is 1. The van der Waals surface area contributed by atoms with Gasteiger partial charge in [-0.25, -0.2) is 9.97 Å². The molecular formula is C10H15N3S. The molecule has 76 valence electrons. The van der Waals surface area contributed by atoms with Crippen molar-refractivity contribution in [2.45, 2.75) is 24.2 Å². The van der Waals surface area contributed by atoms with Crippen LogP contribution in [0.4, 0.5) is 5.95 Å². The quantitative estimate of drug-likeness (QED) is 0.698. The summed E-state index contributed by atoms with van der Waals surface area (Å²) in [6.07, 6.45) is 9.74. The molecule has 2 heterocycles. The Hall–Kier alpha value is -0.770. The van der Waals surface area contributed by atoms with E-state index in [9.17, 15) is 0 Å². The van der Waals surface area contributed by atoms with Gasteiger partial charge in [0.1, 0.15) is 0 Å². The monoisotopic (exact) mass is 209 g/mol. The summed E-state index contributed by atoms with van der Waals surface area (Å²) in [5.74, 6) is 0.891. The molecule has 0 radical (unpaired) electrons. The Labute approximate surface area is 88.9 Å². The zero-order chi connectivity index (χ0) is 9.80. The lowest BCUT2D eigenvalue weighted by atomic mass is 10.1.